The fourth-order valence-corrected chi connectivity index (χ4v) is 1.65. The van der Waals surface area contributed by atoms with Crippen LogP contribution >= 0.6 is 11.6 Å². The largest absolute Gasteiger partial charge is 0.479 e. The number of carbonyl (C=O) groups is 1. The molecular weight excluding hydrogens is 274 g/mol. The third kappa shape index (κ3) is 4.10. The maximum atomic E-state index is 11.6. The molecule has 1 aromatic rings. The Hall–Kier alpha value is -1.82. The van der Waals surface area contributed by atoms with E-state index in [-0.39, 0.29) is 23.1 Å². The molecule has 1 rings (SSSR count). The highest BCUT2D eigenvalue weighted by molar-refractivity contribution is 6.32. The number of hydrogen-bond acceptors (Lipinski definition) is 5. The van der Waals surface area contributed by atoms with Gasteiger partial charge in [0.05, 0.1) is 11.5 Å². The van der Waals surface area contributed by atoms with E-state index in [4.69, 9.17) is 21.1 Å². The van der Waals surface area contributed by atoms with E-state index in [1.165, 1.54) is 18.2 Å². The summed E-state index contributed by atoms with van der Waals surface area (Å²) in [6.07, 6.45) is -0.328. The van der Waals surface area contributed by atoms with E-state index in [1.807, 2.05) is 0 Å². The Kier molecular flexibility index (Phi) is 5.57. The summed E-state index contributed by atoms with van der Waals surface area (Å²) in [6.45, 7) is 3.74. The molecule has 19 heavy (non-hydrogen) atoms. The van der Waals surface area contributed by atoms with Crippen LogP contribution in [0, 0.1) is 10.1 Å². The van der Waals surface area contributed by atoms with Gasteiger partial charge in [0.1, 0.15) is 10.8 Å². The molecule has 0 heterocycles. The Labute approximate surface area is 115 Å². The number of rotatable bonds is 6. The van der Waals surface area contributed by atoms with Gasteiger partial charge in [-0.25, -0.2) is 4.79 Å². The first-order valence-corrected chi connectivity index (χ1v) is 6.14. The van der Waals surface area contributed by atoms with Gasteiger partial charge < -0.3 is 9.47 Å². The number of hydrogen-bond donors (Lipinski definition) is 0. The molecule has 104 valence electrons. The average molecular weight is 288 g/mol. The van der Waals surface area contributed by atoms with Crippen molar-refractivity contribution in [1.29, 1.82) is 0 Å². The van der Waals surface area contributed by atoms with Crippen LogP contribution in [0.2, 0.25) is 5.02 Å². The highest BCUT2D eigenvalue weighted by Crippen LogP contribution is 2.29. The maximum absolute atomic E-state index is 11.6. The van der Waals surface area contributed by atoms with Crippen LogP contribution in [0.25, 0.3) is 0 Å². The zero-order valence-corrected chi connectivity index (χ0v) is 11.3. The first-order valence-electron chi connectivity index (χ1n) is 5.76. The smallest absolute Gasteiger partial charge is 0.347 e. The standard InChI is InChI=1S/C12H14ClNO5/c1-3-11(12(15)18-4-2)19-8-5-6-10(14(16)17)9(13)7-8/h5-7,11H,3-4H2,1-2H3. The lowest BCUT2D eigenvalue weighted by atomic mass is 10.2. The summed E-state index contributed by atoms with van der Waals surface area (Å²) in [5.74, 6) is -0.185. The quantitative estimate of drug-likeness (QED) is 0.456. The van der Waals surface area contributed by atoms with E-state index in [0.717, 1.165) is 0 Å². The number of nitrogens with zero attached hydrogens (tertiary/aromatic N) is 1. The summed E-state index contributed by atoms with van der Waals surface area (Å²) >= 11 is 5.75. The lowest BCUT2D eigenvalue weighted by Gasteiger charge is -2.16. The van der Waals surface area contributed by atoms with E-state index in [1.54, 1.807) is 13.8 Å². The molecule has 0 saturated heterocycles. The van der Waals surface area contributed by atoms with Gasteiger partial charge >= 0.3 is 5.97 Å². The van der Waals surface area contributed by atoms with Crippen LogP contribution in [0.1, 0.15) is 20.3 Å². The van der Waals surface area contributed by atoms with Gasteiger partial charge in [-0.05, 0) is 19.4 Å². The second kappa shape index (κ2) is 6.94. The van der Waals surface area contributed by atoms with Crippen LogP contribution in [-0.4, -0.2) is 23.6 Å². The topological polar surface area (TPSA) is 78.7 Å². The summed E-state index contributed by atoms with van der Waals surface area (Å²) in [6, 6.07) is 3.93. The molecule has 0 aliphatic rings. The Balaban J connectivity index is 2.84. The first-order chi connectivity index (χ1) is 8.99. The number of nitro benzene ring substituents is 1. The molecule has 1 unspecified atom stereocenters. The van der Waals surface area contributed by atoms with Gasteiger partial charge in [0.15, 0.2) is 6.10 Å². The predicted molar refractivity (Wildman–Crippen MR) is 69.4 cm³/mol. The summed E-state index contributed by atoms with van der Waals surface area (Å²) in [4.78, 5) is 21.6. The van der Waals surface area contributed by atoms with Crippen molar-refractivity contribution in [2.45, 2.75) is 26.4 Å². The van der Waals surface area contributed by atoms with Crippen molar-refractivity contribution < 1.29 is 19.2 Å². The van der Waals surface area contributed by atoms with E-state index >= 15 is 0 Å². The highest BCUT2D eigenvalue weighted by Gasteiger charge is 2.21. The minimum atomic E-state index is -0.752. The molecule has 0 amide bonds. The van der Waals surface area contributed by atoms with Crippen molar-refractivity contribution in [3.8, 4) is 5.75 Å². The fraction of sp³-hybridized carbons (Fsp3) is 0.417. The SMILES string of the molecule is CCOC(=O)C(CC)Oc1ccc([N+](=O)[O-])c(Cl)c1. The predicted octanol–water partition coefficient (Wildman–Crippen LogP) is 2.97. The number of nitro groups is 1. The molecule has 0 bridgehead atoms. The summed E-state index contributed by atoms with van der Waals surface area (Å²) in [7, 11) is 0. The van der Waals surface area contributed by atoms with Crippen LogP contribution < -0.4 is 4.74 Å². The number of esters is 1. The summed E-state index contributed by atoms with van der Waals surface area (Å²) in [5, 5.41) is 10.6. The normalized spacial score (nSPS) is 11.7. The molecule has 1 aromatic carbocycles. The molecule has 0 aliphatic carbocycles. The number of benzene rings is 1. The van der Waals surface area contributed by atoms with Gasteiger partial charge in [-0.3, -0.25) is 10.1 Å². The van der Waals surface area contributed by atoms with Crippen LogP contribution in [0.5, 0.6) is 5.75 Å². The lowest BCUT2D eigenvalue weighted by molar-refractivity contribution is -0.384. The maximum Gasteiger partial charge on any atom is 0.347 e. The fourth-order valence-electron chi connectivity index (χ4n) is 1.41. The van der Waals surface area contributed by atoms with Crippen molar-refractivity contribution in [2.24, 2.45) is 0 Å². The van der Waals surface area contributed by atoms with Gasteiger partial charge in [-0.15, -0.1) is 0 Å². The molecular formula is C12H14ClNO5. The molecule has 0 aliphatic heterocycles. The lowest BCUT2D eigenvalue weighted by Crippen LogP contribution is -2.28. The molecule has 0 fully saturated rings. The zero-order valence-electron chi connectivity index (χ0n) is 10.6. The minimum absolute atomic E-state index is 0.0405. The second-order valence-corrected chi connectivity index (χ2v) is 4.04. The van der Waals surface area contributed by atoms with Crippen LogP contribution in [0.15, 0.2) is 18.2 Å². The third-order valence-electron chi connectivity index (χ3n) is 2.31. The van der Waals surface area contributed by atoms with Crippen LogP contribution in [-0.2, 0) is 9.53 Å². The summed E-state index contributed by atoms with van der Waals surface area (Å²) in [5.41, 5.74) is -0.210. The van der Waals surface area contributed by atoms with Crippen LogP contribution in [0.4, 0.5) is 5.69 Å². The third-order valence-corrected chi connectivity index (χ3v) is 2.62. The van der Waals surface area contributed by atoms with E-state index in [9.17, 15) is 14.9 Å². The van der Waals surface area contributed by atoms with Crippen molar-refractivity contribution in [3.05, 3.63) is 33.3 Å². The molecule has 0 spiro atoms. The molecule has 0 saturated carbocycles. The van der Waals surface area contributed by atoms with Crippen molar-refractivity contribution >= 4 is 23.3 Å². The highest BCUT2D eigenvalue weighted by atomic mass is 35.5. The number of halogens is 1. The number of ether oxygens (including phenoxy) is 2. The van der Waals surface area contributed by atoms with E-state index in [0.29, 0.717) is 6.42 Å². The Morgan fingerprint density at radius 3 is 2.63 bits per heavy atom. The summed E-state index contributed by atoms with van der Waals surface area (Å²) < 4.78 is 10.3. The molecule has 7 heteroatoms. The van der Waals surface area contributed by atoms with E-state index in [2.05, 4.69) is 0 Å². The molecule has 0 radical (unpaired) electrons. The van der Waals surface area contributed by atoms with Gasteiger partial charge in [-0.1, -0.05) is 18.5 Å². The molecule has 0 N–H and O–H groups in total. The number of carbonyl (C=O) groups excluding carboxylic acids is 1. The van der Waals surface area contributed by atoms with Gasteiger partial charge in [0, 0.05) is 12.1 Å². The van der Waals surface area contributed by atoms with Crippen molar-refractivity contribution in [2.75, 3.05) is 6.61 Å². The van der Waals surface area contributed by atoms with Crippen molar-refractivity contribution in [1.82, 2.24) is 0 Å². The monoisotopic (exact) mass is 287 g/mol. The molecule has 6 nitrogen and oxygen atoms in total. The van der Waals surface area contributed by atoms with Gasteiger partial charge in [-0.2, -0.15) is 0 Å². The minimum Gasteiger partial charge on any atom is -0.479 e. The molecule has 1 atom stereocenters. The van der Waals surface area contributed by atoms with Crippen LogP contribution in [0.3, 0.4) is 0 Å². The first kappa shape index (κ1) is 15.2. The Bertz CT molecular complexity index is 477. The Morgan fingerprint density at radius 1 is 1.47 bits per heavy atom. The second-order valence-electron chi connectivity index (χ2n) is 3.64. The molecule has 0 aromatic heterocycles. The van der Waals surface area contributed by atoms with E-state index < -0.39 is 17.0 Å². The van der Waals surface area contributed by atoms with Gasteiger partial charge in [0.25, 0.3) is 5.69 Å². The Morgan fingerprint density at radius 2 is 2.16 bits per heavy atom. The van der Waals surface area contributed by atoms with Crippen molar-refractivity contribution in [3.63, 3.8) is 0 Å². The zero-order chi connectivity index (χ0) is 14.4. The average Bonchev–Trinajstić information content (AvgIpc) is 2.35. The van der Waals surface area contributed by atoms with Gasteiger partial charge in [0.2, 0.25) is 0 Å².